The fourth-order valence-electron chi connectivity index (χ4n) is 1.98. The van der Waals surface area contributed by atoms with E-state index in [1.807, 2.05) is 49.4 Å². The van der Waals surface area contributed by atoms with Crippen LogP contribution in [-0.2, 0) is 4.79 Å². The van der Waals surface area contributed by atoms with Gasteiger partial charge in [0.1, 0.15) is 0 Å². The molecule has 0 heterocycles. The average molecular weight is 320 g/mol. The van der Waals surface area contributed by atoms with E-state index in [2.05, 4.69) is 18.3 Å². The van der Waals surface area contributed by atoms with E-state index >= 15 is 0 Å². The highest BCUT2D eigenvalue weighted by atomic mass is 35.5. The maximum absolute atomic E-state index is 12.0. The number of carbonyl (C=O) groups excluding carboxylic acids is 1. The smallest absolute Gasteiger partial charge is 0.230 e. The summed E-state index contributed by atoms with van der Waals surface area (Å²) in [6, 6.07) is 15.6. The van der Waals surface area contributed by atoms with Crippen molar-refractivity contribution < 1.29 is 4.79 Å². The second-order valence-corrected chi connectivity index (χ2v) is 6.35. The topological polar surface area (TPSA) is 29.1 Å². The van der Waals surface area contributed by atoms with Crippen LogP contribution in [0.4, 0.5) is 0 Å². The number of rotatable bonds is 5. The first-order valence-electron chi connectivity index (χ1n) is 6.79. The van der Waals surface area contributed by atoms with E-state index in [-0.39, 0.29) is 11.9 Å². The predicted octanol–water partition coefficient (Wildman–Crippen LogP) is 4.62. The molecule has 21 heavy (non-hydrogen) atoms. The van der Waals surface area contributed by atoms with Gasteiger partial charge in [0.15, 0.2) is 0 Å². The molecule has 0 radical (unpaired) electrons. The Morgan fingerprint density at radius 3 is 2.52 bits per heavy atom. The number of amides is 1. The molecule has 1 amide bonds. The highest BCUT2D eigenvalue weighted by molar-refractivity contribution is 8.00. The van der Waals surface area contributed by atoms with Gasteiger partial charge in [0, 0.05) is 9.92 Å². The van der Waals surface area contributed by atoms with E-state index < -0.39 is 0 Å². The Kier molecular flexibility index (Phi) is 5.71. The lowest BCUT2D eigenvalue weighted by Gasteiger charge is -2.14. The maximum atomic E-state index is 12.0. The Morgan fingerprint density at radius 1 is 1.19 bits per heavy atom. The lowest BCUT2D eigenvalue weighted by atomic mass is 10.1. The van der Waals surface area contributed by atoms with Crippen LogP contribution in [0.1, 0.15) is 24.1 Å². The molecule has 1 unspecified atom stereocenters. The molecule has 0 aliphatic heterocycles. The van der Waals surface area contributed by atoms with Crippen molar-refractivity contribution in [3.63, 3.8) is 0 Å². The van der Waals surface area contributed by atoms with E-state index in [0.29, 0.717) is 10.8 Å². The van der Waals surface area contributed by atoms with Gasteiger partial charge in [0.25, 0.3) is 0 Å². The molecule has 0 aromatic heterocycles. The zero-order valence-electron chi connectivity index (χ0n) is 12.1. The first-order chi connectivity index (χ1) is 10.1. The quantitative estimate of drug-likeness (QED) is 0.815. The van der Waals surface area contributed by atoms with E-state index in [1.165, 1.54) is 5.56 Å². The van der Waals surface area contributed by atoms with Gasteiger partial charge >= 0.3 is 0 Å². The van der Waals surface area contributed by atoms with Gasteiger partial charge in [-0.25, -0.2) is 0 Å². The molecule has 1 N–H and O–H groups in total. The molecule has 2 nitrogen and oxygen atoms in total. The minimum Gasteiger partial charge on any atom is -0.349 e. The summed E-state index contributed by atoms with van der Waals surface area (Å²) in [5.74, 6) is 0.452. The average Bonchev–Trinajstić information content (AvgIpc) is 2.47. The summed E-state index contributed by atoms with van der Waals surface area (Å²) >= 11 is 7.43. The van der Waals surface area contributed by atoms with Gasteiger partial charge < -0.3 is 5.32 Å². The van der Waals surface area contributed by atoms with Gasteiger partial charge in [0.05, 0.1) is 11.8 Å². The molecule has 2 aromatic rings. The van der Waals surface area contributed by atoms with Crippen LogP contribution in [0.3, 0.4) is 0 Å². The van der Waals surface area contributed by atoms with E-state index in [4.69, 9.17) is 11.6 Å². The summed E-state index contributed by atoms with van der Waals surface area (Å²) in [6.45, 7) is 4.02. The summed E-state index contributed by atoms with van der Waals surface area (Å²) in [5, 5.41) is 3.70. The summed E-state index contributed by atoms with van der Waals surface area (Å²) in [7, 11) is 0. The fraction of sp³-hybridized carbons (Fsp3) is 0.235. The zero-order valence-corrected chi connectivity index (χ0v) is 13.7. The molecule has 4 heteroatoms. The van der Waals surface area contributed by atoms with Crippen LogP contribution < -0.4 is 5.32 Å². The maximum Gasteiger partial charge on any atom is 0.230 e. The van der Waals surface area contributed by atoms with Crippen molar-refractivity contribution in [2.45, 2.75) is 24.8 Å². The summed E-state index contributed by atoms with van der Waals surface area (Å²) in [6.07, 6.45) is 0. The van der Waals surface area contributed by atoms with Crippen LogP contribution in [0.2, 0.25) is 5.02 Å². The molecule has 110 valence electrons. The third kappa shape index (κ3) is 4.80. The van der Waals surface area contributed by atoms with Gasteiger partial charge in [0.2, 0.25) is 5.91 Å². The van der Waals surface area contributed by atoms with E-state index in [0.717, 1.165) is 10.5 Å². The van der Waals surface area contributed by atoms with Gasteiger partial charge in [-0.15, -0.1) is 11.8 Å². The molecule has 0 bridgehead atoms. The van der Waals surface area contributed by atoms with Crippen LogP contribution in [0.25, 0.3) is 0 Å². The Bertz CT molecular complexity index is 612. The molecule has 0 aliphatic rings. The van der Waals surface area contributed by atoms with Gasteiger partial charge in [-0.2, -0.15) is 0 Å². The highest BCUT2D eigenvalue weighted by Crippen LogP contribution is 2.22. The van der Waals surface area contributed by atoms with Crippen LogP contribution in [0, 0.1) is 6.92 Å². The monoisotopic (exact) mass is 319 g/mol. The Labute approximate surface area is 134 Å². The van der Waals surface area contributed by atoms with E-state index in [1.54, 1.807) is 11.8 Å². The van der Waals surface area contributed by atoms with Gasteiger partial charge in [-0.1, -0.05) is 41.9 Å². The Balaban J connectivity index is 1.87. The molecule has 2 aromatic carbocycles. The van der Waals surface area contributed by atoms with Crippen LogP contribution >= 0.6 is 23.4 Å². The number of nitrogens with one attached hydrogen (secondary N) is 1. The summed E-state index contributed by atoms with van der Waals surface area (Å²) in [5.41, 5.74) is 2.25. The van der Waals surface area contributed by atoms with Crippen molar-refractivity contribution in [3.05, 3.63) is 64.7 Å². The molecule has 0 saturated carbocycles. The largest absolute Gasteiger partial charge is 0.349 e. The predicted molar refractivity (Wildman–Crippen MR) is 89.9 cm³/mol. The minimum absolute atomic E-state index is 0.0211. The lowest BCUT2D eigenvalue weighted by Crippen LogP contribution is -2.28. The summed E-state index contributed by atoms with van der Waals surface area (Å²) in [4.78, 5) is 13.2. The van der Waals surface area contributed by atoms with Crippen molar-refractivity contribution in [2.75, 3.05) is 5.75 Å². The fourth-order valence-corrected chi connectivity index (χ4v) is 2.95. The van der Waals surface area contributed by atoms with Gasteiger partial charge in [-0.3, -0.25) is 4.79 Å². The molecule has 0 spiro atoms. The Morgan fingerprint density at radius 2 is 1.86 bits per heavy atom. The molecule has 0 fully saturated rings. The van der Waals surface area contributed by atoms with Gasteiger partial charge in [-0.05, 0) is 43.2 Å². The normalized spacial score (nSPS) is 12.0. The molecule has 0 saturated heterocycles. The van der Waals surface area contributed by atoms with Crippen LogP contribution in [-0.4, -0.2) is 11.7 Å². The van der Waals surface area contributed by atoms with Crippen molar-refractivity contribution in [1.29, 1.82) is 0 Å². The van der Waals surface area contributed by atoms with Crippen molar-refractivity contribution in [2.24, 2.45) is 0 Å². The number of halogens is 1. The van der Waals surface area contributed by atoms with Crippen LogP contribution in [0.5, 0.6) is 0 Å². The number of aryl methyl sites for hydroxylation is 1. The Hall–Kier alpha value is -1.45. The number of thioether (sulfide) groups is 1. The molecular weight excluding hydrogens is 302 g/mol. The number of carbonyl (C=O) groups is 1. The highest BCUT2D eigenvalue weighted by Gasteiger charge is 2.10. The molecule has 0 aliphatic carbocycles. The van der Waals surface area contributed by atoms with Crippen molar-refractivity contribution >= 4 is 29.3 Å². The zero-order chi connectivity index (χ0) is 15.2. The third-order valence-corrected chi connectivity index (χ3v) is 4.63. The number of hydrogen-bond donors (Lipinski definition) is 1. The SMILES string of the molecule is Cc1ccccc1SCC(=O)NC(C)c1ccc(Cl)cc1. The lowest BCUT2D eigenvalue weighted by molar-refractivity contribution is -0.119. The third-order valence-electron chi connectivity index (χ3n) is 3.20. The number of benzene rings is 2. The first kappa shape index (κ1) is 15.9. The number of hydrogen-bond acceptors (Lipinski definition) is 2. The molecule has 1 atom stereocenters. The molecular formula is C17H18ClNOS. The van der Waals surface area contributed by atoms with Crippen molar-refractivity contribution in [1.82, 2.24) is 5.32 Å². The van der Waals surface area contributed by atoms with E-state index in [9.17, 15) is 4.79 Å². The second-order valence-electron chi connectivity index (χ2n) is 4.89. The van der Waals surface area contributed by atoms with Crippen LogP contribution in [0.15, 0.2) is 53.4 Å². The minimum atomic E-state index is -0.0211. The van der Waals surface area contributed by atoms with Crippen molar-refractivity contribution in [3.8, 4) is 0 Å². The standard InChI is InChI=1S/C17H18ClNOS/c1-12-5-3-4-6-16(12)21-11-17(20)19-13(2)14-7-9-15(18)10-8-14/h3-10,13H,11H2,1-2H3,(H,19,20). The first-order valence-corrected chi connectivity index (χ1v) is 8.16. The second kappa shape index (κ2) is 7.53. The molecule has 2 rings (SSSR count). The summed E-state index contributed by atoms with van der Waals surface area (Å²) < 4.78 is 0.